The van der Waals surface area contributed by atoms with Crippen molar-refractivity contribution in [1.82, 2.24) is 0 Å². The minimum absolute atomic E-state index is 0.125. The fourth-order valence-electron chi connectivity index (χ4n) is 5.87. The number of hydrogen-bond donors (Lipinski definition) is 0. The van der Waals surface area contributed by atoms with Gasteiger partial charge in [-0.25, -0.2) is 13.2 Å². The first-order valence-electron chi connectivity index (χ1n) is 12.7. The Labute approximate surface area is 206 Å². The average Bonchev–Trinajstić information content (AvgIpc) is 2.89. The van der Waals surface area contributed by atoms with Gasteiger partial charge in [0, 0.05) is 12.1 Å². The molecule has 2 bridgehead atoms. The molecule has 36 heavy (non-hydrogen) atoms. The molecule has 0 N–H and O–H groups in total. The lowest BCUT2D eigenvalue weighted by atomic mass is 9.74. The average molecular weight is 519 g/mol. The van der Waals surface area contributed by atoms with E-state index in [0.29, 0.717) is 18.1 Å². The highest BCUT2D eigenvalue weighted by Gasteiger charge is 2.69. The van der Waals surface area contributed by atoms with Crippen molar-refractivity contribution in [1.29, 1.82) is 0 Å². The SMILES string of the molecule is CCCC1CCC(C2CCC(C34COC(C(F)(F)Oc5cc(F)c(F)c(F)c5)(OC3)OC4)=CO2)CC1. The zero-order chi connectivity index (χ0) is 25.6. The minimum atomic E-state index is -4.27. The standard InChI is InChI=1S/C26H31F5O5/c1-2-3-16-4-6-17(7-5-16)22-9-8-18(12-32-22)24-13-33-26(34-14-24,35-15-24)25(30,31)36-19-10-20(27)23(29)21(28)11-19/h10-12,16-17,22H,2-9,13-15H2,1H3. The minimum Gasteiger partial charge on any atom is -0.498 e. The summed E-state index contributed by atoms with van der Waals surface area (Å²) in [4.78, 5) is 0. The largest absolute Gasteiger partial charge is 0.498 e. The van der Waals surface area contributed by atoms with Gasteiger partial charge in [-0.3, -0.25) is 0 Å². The third-order valence-corrected chi connectivity index (χ3v) is 8.05. The second-order valence-electron chi connectivity index (χ2n) is 10.4. The maximum absolute atomic E-state index is 15.0. The summed E-state index contributed by atoms with van der Waals surface area (Å²) in [6.07, 6.45) is 6.48. The summed E-state index contributed by atoms with van der Waals surface area (Å²) in [5, 5.41) is 0. The molecule has 4 aliphatic heterocycles. The van der Waals surface area contributed by atoms with E-state index in [0.717, 1.165) is 24.3 Å². The zero-order valence-electron chi connectivity index (χ0n) is 20.2. The molecule has 200 valence electrons. The highest BCUT2D eigenvalue weighted by molar-refractivity contribution is 5.26. The monoisotopic (exact) mass is 518 g/mol. The van der Waals surface area contributed by atoms with E-state index in [4.69, 9.17) is 18.9 Å². The molecule has 1 aliphatic carbocycles. The van der Waals surface area contributed by atoms with Crippen molar-refractivity contribution in [2.45, 2.75) is 76.5 Å². The van der Waals surface area contributed by atoms with Crippen LogP contribution in [0, 0.1) is 34.7 Å². The predicted octanol–water partition coefficient (Wildman–Crippen LogP) is 6.46. The number of ether oxygens (including phenoxy) is 5. The van der Waals surface area contributed by atoms with Gasteiger partial charge in [0.05, 0.1) is 31.5 Å². The van der Waals surface area contributed by atoms with Crippen LogP contribution in [-0.4, -0.2) is 38.0 Å². The van der Waals surface area contributed by atoms with Crippen LogP contribution in [0.2, 0.25) is 0 Å². The molecule has 1 unspecified atom stereocenters. The molecular weight excluding hydrogens is 487 g/mol. The summed E-state index contributed by atoms with van der Waals surface area (Å²) in [6, 6.07) is 0.631. The Balaban J connectivity index is 1.20. The second kappa shape index (κ2) is 9.76. The second-order valence-corrected chi connectivity index (χ2v) is 10.4. The summed E-state index contributed by atoms with van der Waals surface area (Å²) >= 11 is 0. The molecule has 1 aromatic carbocycles. The van der Waals surface area contributed by atoms with Crippen LogP contribution in [0.3, 0.4) is 0 Å². The van der Waals surface area contributed by atoms with Crippen molar-refractivity contribution in [2.75, 3.05) is 19.8 Å². The van der Waals surface area contributed by atoms with Gasteiger partial charge in [-0.05, 0) is 43.1 Å². The third-order valence-electron chi connectivity index (χ3n) is 8.05. The lowest BCUT2D eigenvalue weighted by molar-refractivity contribution is -0.544. The molecule has 4 fully saturated rings. The van der Waals surface area contributed by atoms with Gasteiger partial charge in [0.15, 0.2) is 17.5 Å². The van der Waals surface area contributed by atoms with Crippen LogP contribution < -0.4 is 4.74 Å². The van der Waals surface area contributed by atoms with Crippen molar-refractivity contribution < 1.29 is 45.6 Å². The van der Waals surface area contributed by atoms with Crippen LogP contribution in [0.5, 0.6) is 5.75 Å². The van der Waals surface area contributed by atoms with Gasteiger partial charge >= 0.3 is 12.1 Å². The van der Waals surface area contributed by atoms with E-state index in [1.54, 1.807) is 6.26 Å². The van der Waals surface area contributed by atoms with Gasteiger partial charge in [-0.2, -0.15) is 8.78 Å². The van der Waals surface area contributed by atoms with Gasteiger partial charge in [0.2, 0.25) is 0 Å². The Bertz CT molecular complexity index is 943. The van der Waals surface area contributed by atoms with E-state index in [1.165, 1.54) is 38.5 Å². The van der Waals surface area contributed by atoms with Gasteiger partial charge in [-0.15, -0.1) is 0 Å². The normalized spacial score (nSPS) is 34.7. The first-order chi connectivity index (χ1) is 17.2. The molecule has 5 nitrogen and oxygen atoms in total. The number of alkyl halides is 2. The van der Waals surface area contributed by atoms with Crippen LogP contribution in [0.4, 0.5) is 22.0 Å². The molecule has 4 heterocycles. The van der Waals surface area contributed by atoms with E-state index in [9.17, 15) is 22.0 Å². The smallest absolute Gasteiger partial charge is 0.484 e. The Morgan fingerprint density at radius 1 is 0.944 bits per heavy atom. The Morgan fingerprint density at radius 2 is 1.56 bits per heavy atom. The van der Waals surface area contributed by atoms with Crippen LogP contribution in [0.1, 0.15) is 58.3 Å². The van der Waals surface area contributed by atoms with Crippen molar-refractivity contribution in [3.05, 3.63) is 41.4 Å². The van der Waals surface area contributed by atoms with E-state index >= 15 is 0 Å². The van der Waals surface area contributed by atoms with Crippen LogP contribution in [-0.2, 0) is 18.9 Å². The fraction of sp³-hybridized carbons (Fsp3) is 0.692. The molecule has 0 amide bonds. The first kappa shape index (κ1) is 25.7. The molecule has 3 saturated heterocycles. The Kier molecular flexibility index (Phi) is 6.97. The molecular formula is C26H31F5O5. The van der Waals surface area contributed by atoms with Crippen molar-refractivity contribution in [2.24, 2.45) is 17.3 Å². The number of hydrogen-bond acceptors (Lipinski definition) is 5. The van der Waals surface area contributed by atoms with Gasteiger partial charge in [-0.1, -0.05) is 32.6 Å². The molecule has 10 heteroatoms. The molecule has 0 aromatic heterocycles. The summed E-state index contributed by atoms with van der Waals surface area (Å²) in [5.41, 5.74) is 0.119. The molecule has 0 radical (unpaired) electrons. The molecule has 5 aliphatic rings. The maximum atomic E-state index is 15.0. The highest BCUT2D eigenvalue weighted by atomic mass is 19.3. The molecule has 0 spiro atoms. The molecule has 1 aromatic rings. The van der Waals surface area contributed by atoms with Crippen LogP contribution in [0.25, 0.3) is 0 Å². The highest BCUT2D eigenvalue weighted by Crippen LogP contribution is 2.51. The number of fused-ring (bicyclic) bond motifs is 3. The maximum Gasteiger partial charge on any atom is 0.484 e. The van der Waals surface area contributed by atoms with E-state index in [2.05, 4.69) is 11.7 Å². The summed E-state index contributed by atoms with van der Waals surface area (Å²) < 4.78 is 96.6. The predicted molar refractivity (Wildman–Crippen MR) is 117 cm³/mol. The molecule has 1 atom stereocenters. The summed E-state index contributed by atoms with van der Waals surface area (Å²) in [6.45, 7) is 1.85. The summed E-state index contributed by atoms with van der Waals surface area (Å²) in [5.74, 6) is -7.58. The fourth-order valence-corrected chi connectivity index (χ4v) is 5.87. The van der Waals surface area contributed by atoms with Crippen LogP contribution in [0.15, 0.2) is 24.0 Å². The van der Waals surface area contributed by atoms with Gasteiger partial charge in [0.25, 0.3) is 0 Å². The first-order valence-corrected chi connectivity index (χ1v) is 12.7. The number of halogens is 5. The van der Waals surface area contributed by atoms with Gasteiger partial charge in [0.1, 0.15) is 11.9 Å². The quantitative estimate of drug-likeness (QED) is 0.306. The van der Waals surface area contributed by atoms with Gasteiger partial charge < -0.3 is 23.7 Å². The molecule has 6 rings (SSSR count). The van der Waals surface area contributed by atoms with Crippen molar-refractivity contribution in [3.8, 4) is 5.75 Å². The van der Waals surface area contributed by atoms with E-state index < -0.39 is 40.7 Å². The zero-order valence-corrected chi connectivity index (χ0v) is 20.2. The van der Waals surface area contributed by atoms with E-state index in [1.807, 2.05) is 0 Å². The van der Waals surface area contributed by atoms with Crippen molar-refractivity contribution in [3.63, 3.8) is 0 Å². The topological polar surface area (TPSA) is 46.2 Å². The Hall–Kier alpha value is -1.91. The molecule has 1 saturated carbocycles. The Morgan fingerprint density at radius 3 is 2.08 bits per heavy atom. The number of benzene rings is 1. The lowest BCUT2D eigenvalue weighted by Gasteiger charge is -2.53. The third kappa shape index (κ3) is 4.60. The summed E-state index contributed by atoms with van der Waals surface area (Å²) in [7, 11) is 0. The lowest BCUT2D eigenvalue weighted by Crippen LogP contribution is -2.69. The van der Waals surface area contributed by atoms with Crippen molar-refractivity contribution >= 4 is 0 Å². The number of rotatable bonds is 7. The van der Waals surface area contributed by atoms with E-state index in [-0.39, 0.29) is 25.9 Å². The van der Waals surface area contributed by atoms with Crippen LogP contribution >= 0.6 is 0 Å².